The minimum atomic E-state index is -0.639. The third-order valence-electron chi connectivity index (χ3n) is 3.23. The molecule has 8 heteroatoms. The van der Waals surface area contributed by atoms with E-state index in [1.54, 1.807) is 30.5 Å². The number of rotatable bonds is 5. The van der Waals surface area contributed by atoms with Crippen molar-refractivity contribution < 1.29 is 18.3 Å². The summed E-state index contributed by atoms with van der Waals surface area (Å²) in [5.74, 6) is -0.442. The molecule has 0 spiro atoms. The van der Waals surface area contributed by atoms with Crippen LogP contribution in [0.3, 0.4) is 0 Å². The summed E-state index contributed by atoms with van der Waals surface area (Å²) in [4.78, 5) is 11.0. The summed E-state index contributed by atoms with van der Waals surface area (Å²) in [6.07, 6.45) is 1.54. The van der Waals surface area contributed by atoms with Crippen LogP contribution in [0.15, 0.2) is 52.7 Å². The summed E-state index contributed by atoms with van der Waals surface area (Å²) < 4.78 is 31.9. The summed E-state index contributed by atoms with van der Waals surface area (Å²) in [6.45, 7) is 0.00409. The van der Waals surface area contributed by atoms with Gasteiger partial charge in [0, 0.05) is 11.6 Å². The average molecular weight is 361 g/mol. The van der Waals surface area contributed by atoms with Gasteiger partial charge >= 0.3 is 0 Å². The predicted octanol–water partition coefficient (Wildman–Crippen LogP) is 3.10. The second-order valence-corrected chi connectivity index (χ2v) is 6.04. The largest absolute Gasteiger partial charge is 0.489 e. The molecule has 1 N–H and O–H groups in total. The smallest absolute Gasteiger partial charge is 0.236 e. The Labute approximate surface area is 146 Å². The molecule has 2 aromatic rings. The number of hydrogen-bond acceptors (Lipinski definition) is 5. The lowest BCUT2D eigenvalue weighted by Gasteiger charge is -2.07. The number of carbonyl (C=O) groups is 1. The zero-order valence-electron chi connectivity index (χ0n) is 12.9. The van der Waals surface area contributed by atoms with E-state index >= 15 is 0 Å². The van der Waals surface area contributed by atoms with Gasteiger partial charge in [-0.2, -0.15) is 5.10 Å². The third-order valence-corrected chi connectivity index (χ3v) is 4.09. The van der Waals surface area contributed by atoms with E-state index in [-0.39, 0.29) is 18.1 Å². The highest BCUT2D eigenvalue weighted by Gasteiger charge is 2.15. The molecule has 0 bridgehead atoms. The highest BCUT2D eigenvalue weighted by molar-refractivity contribution is 8.15. The molecule has 1 amide bonds. The number of amidine groups is 1. The molecule has 5 nitrogen and oxygen atoms in total. The molecule has 128 valence electrons. The fraction of sp³-hybridized carbons (Fsp3) is 0.118. The van der Waals surface area contributed by atoms with Crippen molar-refractivity contribution in [2.45, 2.75) is 6.61 Å². The summed E-state index contributed by atoms with van der Waals surface area (Å²) in [6, 6.07) is 10.3. The number of amides is 1. The maximum Gasteiger partial charge on any atom is 0.236 e. The lowest BCUT2D eigenvalue weighted by atomic mass is 10.2. The summed E-state index contributed by atoms with van der Waals surface area (Å²) >= 11 is 1.30. The fourth-order valence-corrected chi connectivity index (χ4v) is 2.61. The van der Waals surface area contributed by atoms with Gasteiger partial charge in [-0.05, 0) is 42.0 Å². The zero-order chi connectivity index (χ0) is 17.6. The van der Waals surface area contributed by atoms with Crippen LogP contribution in [0.25, 0.3) is 0 Å². The molecule has 0 aromatic heterocycles. The Balaban J connectivity index is 1.56. The number of nitrogens with zero attached hydrogens (tertiary/aromatic N) is 2. The van der Waals surface area contributed by atoms with Crippen LogP contribution in [0, 0.1) is 11.6 Å². The molecule has 25 heavy (non-hydrogen) atoms. The molecule has 3 rings (SSSR count). The van der Waals surface area contributed by atoms with Gasteiger partial charge < -0.3 is 10.1 Å². The number of halogens is 2. The van der Waals surface area contributed by atoms with E-state index in [0.717, 1.165) is 11.6 Å². The SMILES string of the molecule is O=C1CSC(=NN=Cc2ccc(OCc3ccc(F)cc3F)cc2)N1. The third kappa shape index (κ3) is 4.87. The Bertz CT molecular complexity index is 838. The summed E-state index contributed by atoms with van der Waals surface area (Å²) in [7, 11) is 0. The van der Waals surface area contributed by atoms with Crippen LogP contribution >= 0.6 is 11.8 Å². The van der Waals surface area contributed by atoms with E-state index in [1.165, 1.54) is 23.9 Å². The Hall–Kier alpha value is -2.74. The van der Waals surface area contributed by atoms with Gasteiger partial charge in [-0.1, -0.05) is 11.8 Å². The monoisotopic (exact) mass is 361 g/mol. The molecular formula is C17H13F2N3O2S. The molecule has 0 radical (unpaired) electrons. The Morgan fingerprint density at radius 1 is 1.20 bits per heavy atom. The second kappa shape index (κ2) is 7.89. The maximum absolute atomic E-state index is 13.5. The first kappa shape index (κ1) is 17.1. The Kier molecular flexibility index (Phi) is 5.39. The van der Waals surface area contributed by atoms with Crippen LogP contribution < -0.4 is 10.1 Å². The zero-order valence-corrected chi connectivity index (χ0v) is 13.7. The number of ether oxygens (including phenoxy) is 1. The number of benzene rings is 2. The van der Waals surface area contributed by atoms with Gasteiger partial charge in [-0.15, -0.1) is 5.10 Å². The standard InChI is InChI=1S/C17H13F2N3O2S/c18-13-4-3-12(15(19)7-13)9-24-14-5-1-11(2-6-14)8-20-22-17-21-16(23)10-25-17/h1-8H,9-10H2,(H,21,22,23). The molecule has 1 aliphatic heterocycles. The minimum Gasteiger partial charge on any atom is -0.489 e. The van der Waals surface area contributed by atoms with Crippen LogP contribution in [0.2, 0.25) is 0 Å². The van der Waals surface area contributed by atoms with Crippen LogP contribution in [0.4, 0.5) is 8.78 Å². The average Bonchev–Trinajstić information content (AvgIpc) is 3.01. The van der Waals surface area contributed by atoms with E-state index in [9.17, 15) is 13.6 Å². The van der Waals surface area contributed by atoms with Crippen LogP contribution in [0.5, 0.6) is 5.75 Å². The molecule has 0 atom stereocenters. The first-order chi connectivity index (χ1) is 12.1. The van der Waals surface area contributed by atoms with E-state index in [2.05, 4.69) is 15.5 Å². The van der Waals surface area contributed by atoms with Crippen LogP contribution in [0.1, 0.15) is 11.1 Å². The van der Waals surface area contributed by atoms with Crippen molar-refractivity contribution >= 4 is 29.1 Å². The molecule has 2 aromatic carbocycles. The number of hydrogen-bond donors (Lipinski definition) is 1. The lowest BCUT2D eigenvalue weighted by molar-refractivity contribution is -0.116. The molecule has 1 fully saturated rings. The van der Waals surface area contributed by atoms with E-state index < -0.39 is 11.6 Å². The molecule has 0 aliphatic carbocycles. The first-order valence-electron chi connectivity index (χ1n) is 7.30. The summed E-state index contributed by atoms with van der Waals surface area (Å²) in [5.41, 5.74) is 1.07. The second-order valence-electron chi connectivity index (χ2n) is 5.08. The molecule has 0 unspecified atom stereocenters. The van der Waals surface area contributed by atoms with Gasteiger partial charge in [0.05, 0.1) is 12.0 Å². The van der Waals surface area contributed by atoms with E-state index in [1.807, 2.05) is 0 Å². The summed E-state index contributed by atoms with van der Waals surface area (Å²) in [5, 5.41) is 10.9. The minimum absolute atomic E-state index is 0.00409. The molecule has 1 heterocycles. The van der Waals surface area contributed by atoms with E-state index in [0.29, 0.717) is 16.7 Å². The fourth-order valence-electron chi connectivity index (χ4n) is 1.98. The highest BCUT2D eigenvalue weighted by Crippen LogP contribution is 2.16. The van der Waals surface area contributed by atoms with Crippen LogP contribution in [-0.2, 0) is 11.4 Å². The predicted molar refractivity (Wildman–Crippen MR) is 92.8 cm³/mol. The van der Waals surface area contributed by atoms with Gasteiger partial charge in [-0.3, -0.25) is 4.79 Å². The van der Waals surface area contributed by atoms with Crippen LogP contribution in [-0.4, -0.2) is 23.0 Å². The van der Waals surface area contributed by atoms with Crippen molar-refractivity contribution in [1.82, 2.24) is 5.32 Å². The quantitative estimate of drug-likeness (QED) is 0.658. The van der Waals surface area contributed by atoms with Gasteiger partial charge in [0.1, 0.15) is 24.0 Å². The topological polar surface area (TPSA) is 63.0 Å². The van der Waals surface area contributed by atoms with Crippen molar-refractivity contribution in [3.05, 3.63) is 65.2 Å². The van der Waals surface area contributed by atoms with Crippen molar-refractivity contribution in [3.63, 3.8) is 0 Å². The first-order valence-corrected chi connectivity index (χ1v) is 8.29. The lowest BCUT2D eigenvalue weighted by Crippen LogP contribution is -2.19. The Morgan fingerprint density at radius 2 is 2.00 bits per heavy atom. The molecular weight excluding hydrogens is 348 g/mol. The van der Waals surface area contributed by atoms with Crippen molar-refractivity contribution in [1.29, 1.82) is 0 Å². The Morgan fingerprint density at radius 3 is 2.68 bits per heavy atom. The van der Waals surface area contributed by atoms with Gasteiger partial charge in [0.2, 0.25) is 5.91 Å². The van der Waals surface area contributed by atoms with E-state index in [4.69, 9.17) is 4.74 Å². The van der Waals surface area contributed by atoms with Gasteiger partial charge in [0.15, 0.2) is 5.17 Å². The van der Waals surface area contributed by atoms with Crippen molar-refractivity contribution in [3.8, 4) is 5.75 Å². The molecule has 1 aliphatic rings. The number of carbonyl (C=O) groups excluding carboxylic acids is 1. The van der Waals surface area contributed by atoms with Gasteiger partial charge in [-0.25, -0.2) is 8.78 Å². The van der Waals surface area contributed by atoms with Crippen molar-refractivity contribution in [2.24, 2.45) is 10.2 Å². The maximum atomic E-state index is 13.5. The molecule has 1 saturated heterocycles. The van der Waals surface area contributed by atoms with Crippen molar-refractivity contribution in [2.75, 3.05) is 5.75 Å². The highest BCUT2D eigenvalue weighted by atomic mass is 32.2. The van der Waals surface area contributed by atoms with Gasteiger partial charge in [0.25, 0.3) is 0 Å². The molecule has 0 saturated carbocycles. The normalized spacial score (nSPS) is 15.8. The number of thioether (sulfide) groups is 1. The number of nitrogens with one attached hydrogen (secondary N) is 1.